The Hall–Kier alpha value is -1.97. The zero-order valence-corrected chi connectivity index (χ0v) is 16.4. The Bertz CT molecular complexity index is 961. The summed E-state index contributed by atoms with van der Waals surface area (Å²) in [6.45, 7) is 8.59. The summed E-state index contributed by atoms with van der Waals surface area (Å²) >= 11 is 0.989. The number of hydrogen-bond donors (Lipinski definition) is 2. The number of amides is 1. The Labute approximate surface area is 150 Å². The van der Waals surface area contributed by atoms with Crippen LogP contribution in [0.3, 0.4) is 0 Å². The molecule has 0 aliphatic carbocycles. The molecule has 0 spiro atoms. The van der Waals surface area contributed by atoms with Gasteiger partial charge in [0.15, 0.2) is 0 Å². The van der Waals surface area contributed by atoms with Gasteiger partial charge in [-0.05, 0) is 56.9 Å². The molecule has 9 heteroatoms. The van der Waals surface area contributed by atoms with Crippen LogP contribution in [0.2, 0.25) is 0 Å². The van der Waals surface area contributed by atoms with Crippen molar-refractivity contribution in [1.82, 2.24) is 14.8 Å². The molecule has 1 amide bonds. The number of thiazole rings is 1. The largest absolute Gasteiger partial charge is 0.307 e. The van der Waals surface area contributed by atoms with Crippen LogP contribution in [0.5, 0.6) is 0 Å². The summed E-state index contributed by atoms with van der Waals surface area (Å²) in [6, 6.07) is 1.92. The highest BCUT2D eigenvalue weighted by atomic mass is 32.2. The molecule has 2 rings (SSSR count). The van der Waals surface area contributed by atoms with Gasteiger partial charge in [0.25, 0.3) is 15.9 Å². The molecule has 136 valence electrons. The van der Waals surface area contributed by atoms with Crippen molar-refractivity contribution in [2.45, 2.75) is 46.1 Å². The fraction of sp³-hybridized carbons (Fsp3) is 0.375. The highest BCUT2D eigenvalue weighted by Crippen LogP contribution is 2.25. The molecule has 1 heterocycles. The van der Waals surface area contributed by atoms with Crippen LogP contribution in [0.25, 0.3) is 0 Å². The van der Waals surface area contributed by atoms with E-state index in [-0.39, 0.29) is 16.3 Å². The Morgan fingerprint density at radius 1 is 1.12 bits per heavy atom. The van der Waals surface area contributed by atoms with E-state index in [0.717, 1.165) is 22.5 Å². The fourth-order valence-corrected chi connectivity index (χ4v) is 4.75. The van der Waals surface area contributed by atoms with Crippen LogP contribution < -0.4 is 15.1 Å². The molecule has 0 saturated heterocycles. The van der Waals surface area contributed by atoms with Gasteiger partial charge in [-0.3, -0.25) is 19.6 Å². The zero-order valence-electron chi connectivity index (χ0n) is 14.8. The number of benzene rings is 1. The number of carbonyl (C=O) groups is 1. The van der Waals surface area contributed by atoms with Crippen molar-refractivity contribution >= 4 is 27.3 Å². The van der Waals surface area contributed by atoms with Crippen molar-refractivity contribution < 1.29 is 13.2 Å². The summed E-state index contributed by atoms with van der Waals surface area (Å²) in [5.41, 5.74) is 5.80. The van der Waals surface area contributed by atoms with E-state index in [2.05, 4.69) is 10.3 Å². The Kier molecular flexibility index (Phi) is 5.50. The van der Waals surface area contributed by atoms with Crippen LogP contribution in [-0.4, -0.2) is 18.9 Å². The van der Waals surface area contributed by atoms with Gasteiger partial charge >= 0.3 is 4.87 Å². The summed E-state index contributed by atoms with van der Waals surface area (Å²) in [5, 5.41) is 1.64. The summed E-state index contributed by atoms with van der Waals surface area (Å²) < 4.78 is 26.5. The van der Waals surface area contributed by atoms with Gasteiger partial charge in [0, 0.05) is 11.1 Å². The Morgan fingerprint density at radius 2 is 1.68 bits per heavy atom. The van der Waals surface area contributed by atoms with E-state index >= 15 is 0 Å². The number of nitrogens with one attached hydrogen (secondary N) is 2. The van der Waals surface area contributed by atoms with Crippen LogP contribution in [0.4, 0.5) is 0 Å². The van der Waals surface area contributed by atoms with E-state index in [1.165, 1.54) is 4.57 Å². The van der Waals surface area contributed by atoms with Crippen LogP contribution in [-0.2, 0) is 21.4 Å². The zero-order chi connectivity index (χ0) is 18.9. The second-order valence-electron chi connectivity index (χ2n) is 5.97. The standard InChI is InChI=1S/C16H21N3O4S2/c1-9-6-10(2)13(5)15(12(9)4)25(22,23)18-17-14(20)7-19-11(3)8-24-16(19)21/h6,8,18H,7H2,1-5H3,(H,17,20). The monoisotopic (exact) mass is 383 g/mol. The van der Waals surface area contributed by atoms with Gasteiger partial charge < -0.3 is 0 Å². The molecule has 0 fully saturated rings. The molecule has 25 heavy (non-hydrogen) atoms. The van der Waals surface area contributed by atoms with Crippen LogP contribution in [0, 0.1) is 34.6 Å². The molecule has 0 saturated carbocycles. The van der Waals surface area contributed by atoms with Crippen molar-refractivity contribution in [1.29, 1.82) is 0 Å². The molecule has 0 aliphatic heterocycles. The molecule has 1 aromatic heterocycles. The third-order valence-electron chi connectivity index (χ3n) is 4.17. The van der Waals surface area contributed by atoms with Gasteiger partial charge in [0.2, 0.25) is 0 Å². The number of hydrogen-bond acceptors (Lipinski definition) is 5. The van der Waals surface area contributed by atoms with E-state index in [1.54, 1.807) is 26.2 Å². The highest BCUT2D eigenvalue weighted by Gasteiger charge is 2.22. The van der Waals surface area contributed by atoms with Gasteiger partial charge in [-0.2, -0.15) is 0 Å². The fourth-order valence-electron chi connectivity index (χ4n) is 2.54. The normalized spacial score (nSPS) is 11.6. The van der Waals surface area contributed by atoms with E-state index in [1.807, 2.05) is 19.9 Å². The maximum atomic E-state index is 12.6. The van der Waals surface area contributed by atoms with Gasteiger partial charge in [0.05, 0.1) is 4.90 Å². The average Bonchev–Trinajstić information content (AvgIpc) is 2.83. The van der Waals surface area contributed by atoms with Gasteiger partial charge in [0.1, 0.15) is 6.54 Å². The van der Waals surface area contributed by atoms with Crippen molar-refractivity contribution in [3.05, 3.63) is 49.1 Å². The van der Waals surface area contributed by atoms with E-state index in [4.69, 9.17) is 0 Å². The van der Waals surface area contributed by atoms with Gasteiger partial charge in [-0.1, -0.05) is 17.4 Å². The number of rotatable bonds is 5. The second-order valence-corrected chi connectivity index (χ2v) is 8.41. The first kappa shape index (κ1) is 19.4. The first-order valence-corrected chi connectivity index (χ1v) is 9.94. The lowest BCUT2D eigenvalue weighted by Crippen LogP contribution is -2.44. The molecule has 0 bridgehead atoms. The summed E-state index contributed by atoms with van der Waals surface area (Å²) in [7, 11) is -3.93. The molecule has 2 aromatic rings. The Morgan fingerprint density at radius 3 is 2.16 bits per heavy atom. The second kappa shape index (κ2) is 7.11. The lowest BCUT2D eigenvalue weighted by atomic mass is 10.0. The van der Waals surface area contributed by atoms with Crippen molar-refractivity contribution in [3.8, 4) is 0 Å². The maximum Gasteiger partial charge on any atom is 0.307 e. The molecule has 2 N–H and O–H groups in total. The molecule has 7 nitrogen and oxygen atoms in total. The van der Waals surface area contributed by atoms with E-state index in [0.29, 0.717) is 16.8 Å². The number of sulfonamides is 1. The number of carbonyl (C=O) groups excluding carboxylic acids is 1. The minimum atomic E-state index is -3.93. The summed E-state index contributed by atoms with van der Waals surface area (Å²) in [5.74, 6) is -0.619. The molecule has 0 aliphatic rings. The minimum absolute atomic E-state index is 0.161. The van der Waals surface area contributed by atoms with E-state index < -0.39 is 15.9 Å². The van der Waals surface area contributed by atoms with Crippen molar-refractivity contribution in [3.63, 3.8) is 0 Å². The first-order chi connectivity index (χ1) is 11.5. The van der Waals surface area contributed by atoms with Gasteiger partial charge in [-0.15, -0.1) is 4.83 Å². The molecular formula is C16H21N3O4S2. The lowest BCUT2D eigenvalue weighted by molar-refractivity contribution is -0.122. The summed E-state index contributed by atoms with van der Waals surface area (Å²) in [4.78, 5) is 25.6. The van der Waals surface area contributed by atoms with Crippen LogP contribution >= 0.6 is 11.3 Å². The quantitative estimate of drug-likeness (QED) is 0.764. The predicted molar refractivity (Wildman–Crippen MR) is 97.2 cm³/mol. The number of aryl methyl sites for hydroxylation is 3. The smallest absolute Gasteiger partial charge is 0.294 e. The third-order valence-corrected chi connectivity index (χ3v) is 6.57. The SMILES string of the molecule is Cc1cc(C)c(C)c(S(=O)(=O)NNC(=O)Cn2c(C)csc2=O)c1C. The van der Waals surface area contributed by atoms with Crippen molar-refractivity contribution in [2.75, 3.05) is 0 Å². The molecule has 1 aromatic carbocycles. The molecule has 0 radical (unpaired) electrons. The Balaban J connectivity index is 2.21. The van der Waals surface area contributed by atoms with Crippen LogP contribution in [0.15, 0.2) is 21.1 Å². The van der Waals surface area contributed by atoms with E-state index in [9.17, 15) is 18.0 Å². The minimum Gasteiger partial charge on any atom is -0.294 e. The molecule has 0 unspecified atom stereocenters. The predicted octanol–water partition coefficient (Wildman–Crippen LogP) is 1.46. The lowest BCUT2D eigenvalue weighted by Gasteiger charge is -2.16. The number of hydrazine groups is 1. The number of nitrogens with zero attached hydrogens (tertiary/aromatic N) is 1. The highest BCUT2D eigenvalue weighted by molar-refractivity contribution is 7.89. The molecule has 0 atom stereocenters. The van der Waals surface area contributed by atoms with Crippen molar-refractivity contribution in [2.24, 2.45) is 0 Å². The maximum absolute atomic E-state index is 12.6. The topological polar surface area (TPSA) is 97.3 Å². The molecular weight excluding hydrogens is 362 g/mol. The van der Waals surface area contributed by atoms with Gasteiger partial charge in [-0.25, -0.2) is 8.42 Å². The van der Waals surface area contributed by atoms with Crippen LogP contribution in [0.1, 0.15) is 27.9 Å². The third kappa shape index (κ3) is 4.00. The first-order valence-electron chi connectivity index (χ1n) is 7.57. The average molecular weight is 383 g/mol. The summed E-state index contributed by atoms with van der Waals surface area (Å²) in [6.07, 6.45) is 0. The number of aromatic nitrogens is 1.